The van der Waals surface area contributed by atoms with Gasteiger partial charge in [-0.25, -0.2) is 0 Å². The van der Waals surface area contributed by atoms with Crippen molar-refractivity contribution in [1.82, 2.24) is 10.2 Å². The molecule has 108 valence electrons. The smallest absolute Gasteiger partial charge is 0.119 e. The van der Waals surface area contributed by atoms with Crippen LogP contribution in [0.3, 0.4) is 0 Å². The van der Waals surface area contributed by atoms with Gasteiger partial charge in [0.25, 0.3) is 0 Å². The van der Waals surface area contributed by atoms with E-state index in [1.807, 2.05) is 30.3 Å². The van der Waals surface area contributed by atoms with Gasteiger partial charge in [0.15, 0.2) is 0 Å². The van der Waals surface area contributed by atoms with Gasteiger partial charge in [-0.1, -0.05) is 18.2 Å². The van der Waals surface area contributed by atoms with Crippen molar-refractivity contribution < 1.29 is 9.84 Å². The summed E-state index contributed by atoms with van der Waals surface area (Å²) in [7, 11) is 4.13. The molecule has 0 spiro atoms. The molecule has 1 rings (SSSR count). The van der Waals surface area contributed by atoms with Crippen molar-refractivity contribution in [2.45, 2.75) is 25.5 Å². The topological polar surface area (TPSA) is 44.7 Å². The number of aliphatic hydroxyl groups excluding tert-OH is 1. The summed E-state index contributed by atoms with van der Waals surface area (Å²) >= 11 is 0. The second kappa shape index (κ2) is 8.91. The standard InChI is InChI=1S/C15H26N2O2/c1-13(9-10-17(2)3)16-11-14(18)12-19-15-7-5-4-6-8-15/h4-8,13-14,16,18H,9-12H2,1-3H3. The van der Waals surface area contributed by atoms with Gasteiger partial charge in [0.2, 0.25) is 0 Å². The van der Waals surface area contributed by atoms with E-state index in [0.29, 0.717) is 19.2 Å². The fourth-order valence-corrected chi connectivity index (χ4v) is 1.66. The summed E-state index contributed by atoms with van der Waals surface area (Å²) in [4.78, 5) is 2.16. The molecule has 0 bridgehead atoms. The first-order valence-electron chi connectivity index (χ1n) is 6.82. The lowest BCUT2D eigenvalue weighted by Gasteiger charge is -2.19. The molecule has 4 nitrogen and oxygen atoms in total. The van der Waals surface area contributed by atoms with Gasteiger partial charge in [0.05, 0.1) is 0 Å². The molecule has 0 amide bonds. The van der Waals surface area contributed by atoms with Gasteiger partial charge in [-0.3, -0.25) is 0 Å². The van der Waals surface area contributed by atoms with E-state index in [9.17, 15) is 5.11 Å². The third-order valence-corrected chi connectivity index (χ3v) is 2.90. The molecule has 2 atom stereocenters. The molecule has 0 heterocycles. The minimum atomic E-state index is -0.484. The van der Waals surface area contributed by atoms with Crippen molar-refractivity contribution >= 4 is 0 Å². The van der Waals surface area contributed by atoms with Crippen molar-refractivity contribution in [2.24, 2.45) is 0 Å². The minimum Gasteiger partial charge on any atom is -0.491 e. The lowest BCUT2D eigenvalue weighted by Crippen LogP contribution is -2.37. The maximum atomic E-state index is 9.84. The van der Waals surface area contributed by atoms with E-state index in [4.69, 9.17) is 4.74 Å². The second-order valence-electron chi connectivity index (χ2n) is 5.18. The van der Waals surface area contributed by atoms with Crippen LogP contribution in [0.1, 0.15) is 13.3 Å². The van der Waals surface area contributed by atoms with Crippen molar-refractivity contribution in [3.05, 3.63) is 30.3 Å². The fraction of sp³-hybridized carbons (Fsp3) is 0.600. The molecule has 0 radical (unpaired) electrons. The number of nitrogens with one attached hydrogen (secondary N) is 1. The maximum Gasteiger partial charge on any atom is 0.119 e. The van der Waals surface area contributed by atoms with Gasteiger partial charge < -0.3 is 20.1 Å². The summed E-state index contributed by atoms with van der Waals surface area (Å²) < 4.78 is 5.50. The Morgan fingerprint density at radius 1 is 1.26 bits per heavy atom. The van der Waals surface area contributed by atoms with Gasteiger partial charge >= 0.3 is 0 Å². The Morgan fingerprint density at radius 3 is 2.58 bits per heavy atom. The number of nitrogens with zero attached hydrogens (tertiary/aromatic N) is 1. The van der Waals surface area contributed by atoms with Crippen LogP contribution in [-0.2, 0) is 0 Å². The van der Waals surface area contributed by atoms with Crippen LogP contribution in [0, 0.1) is 0 Å². The quantitative estimate of drug-likeness (QED) is 0.708. The highest BCUT2D eigenvalue weighted by atomic mass is 16.5. The first-order valence-corrected chi connectivity index (χ1v) is 6.82. The van der Waals surface area contributed by atoms with Gasteiger partial charge in [-0.2, -0.15) is 0 Å². The number of aliphatic hydroxyl groups is 1. The van der Waals surface area contributed by atoms with Crippen molar-refractivity contribution in [1.29, 1.82) is 0 Å². The Balaban J connectivity index is 2.12. The zero-order chi connectivity index (χ0) is 14.1. The van der Waals surface area contributed by atoms with Gasteiger partial charge in [-0.15, -0.1) is 0 Å². The minimum absolute atomic E-state index is 0.317. The predicted octanol–water partition coefficient (Wildman–Crippen LogP) is 1.36. The van der Waals surface area contributed by atoms with E-state index in [0.717, 1.165) is 18.7 Å². The number of hydrogen-bond acceptors (Lipinski definition) is 4. The molecule has 0 fully saturated rings. The zero-order valence-corrected chi connectivity index (χ0v) is 12.2. The van der Waals surface area contributed by atoms with E-state index in [1.165, 1.54) is 0 Å². The number of hydrogen-bond donors (Lipinski definition) is 2. The predicted molar refractivity (Wildman–Crippen MR) is 78.6 cm³/mol. The van der Waals surface area contributed by atoms with Crippen molar-refractivity contribution in [2.75, 3.05) is 33.8 Å². The fourth-order valence-electron chi connectivity index (χ4n) is 1.66. The molecule has 2 unspecified atom stereocenters. The molecule has 0 aromatic heterocycles. The highest BCUT2D eigenvalue weighted by Crippen LogP contribution is 2.08. The van der Waals surface area contributed by atoms with Gasteiger partial charge in [-0.05, 0) is 46.1 Å². The third-order valence-electron chi connectivity index (χ3n) is 2.90. The van der Waals surface area contributed by atoms with E-state index in [2.05, 4.69) is 31.2 Å². The molecule has 2 N–H and O–H groups in total. The number of rotatable bonds is 9. The highest BCUT2D eigenvalue weighted by molar-refractivity contribution is 5.20. The Labute approximate surface area is 116 Å². The average Bonchev–Trinajstić information content (AvgIpc) is 2.41. The number of ether oxygens (including phenoxy) is 1. The van der Waals surface area contributed by atoms with Crippen LogP contribution < -0.4 is 10.1 Å². The monoisotopic (exact) mass is 266 g/mol. The number of benzene rings is 1. The Hall–Kier alpha value is -1.10. The summed E-state index contributed by atoms with van der Waals surface area (Å²) in [5.41, 5.74) is 0. The van der Waals surface area contributed by atoms with Crippen LogP contribution in [0.25, 0.3) is 0 Å². The lowest BCUT2D eigenvalue weighted by atomic mass is 10.2. The molecule has 0 aliphatic rings. The molecular weight excluding hydrogens is 240 g/mol. The summed E-state index contributed by atoms with van der Waals surface area (Å²) in [6, 6.07) is 9.96. The van der Waals surface area contributed by atoms with Crippen LogP contribution in [-0.4, -0.2) is 55.9 Å². The van der Waals surface area contributed by atoms with E-state index in [1.54, 1.807) is 0 Å². The summed E-state index contributed by atoms with van der Waals surface area (Å²) in [6.07, 6.45) is 0.584. The Kier molecular flexibility index (Phi) is 7.48. The molecule has 4 heteroatoms. The highest BCUT2D eigenvalue weighted by Gasteiger charge is 2.08. The molecule has 1 aromatic rings. The van der Waals surface area contributed by atoms with E-state index >= 15 is 0 Å². The summed E-state index contributed by atoms with van der Waals surface area (Å²) in [5.74, 6) is 0.794. The first-order chi connectivity index (χ1) is 9.08. The Bertz CT molecular complexity index is 330. The zero-order valence-electron chi connectivity index (χ0n) is 12.2. The molecule has 1 aromatic carbocycles. The van der Waals surface area contributed by atoms with Crippen LogP contribution in [0.2, 0.25) is 0 Å². The van der Waals surface area contributed by atoms with Crippen LogP contribution >= 0.6 is 0 Å². The van der Waals surface area contributed by atoms with Crippen LogP contribution in [0.4, 0.5) is 0 Å². The molecule has 0 aliphatic carbocycles. The molecule has 19 heavy (non-hydrogen) atoms. The largest absolute Gasteiger partial charge is 0.491 e. The average molecular weight is 266 g/mol. The van der Waals surface area contributed by atoms with Crippen LogP contribution in [0.15, 0.2) is 30.3 Å². The SMILES string of the molecule is CC(CCN(C)C)NCC(O)COc1ccccc1. The van der Waals surface area contributed by atoms with E-state index in [-0.39, 0.29) is 0 Å². The maximum absolute atomic E-state index is 9.84. The van der Waals surface area contributed by atoms with Crippen molar-refractivity contribution in [3.63, 3.8) is 0 Å². The van der Waals surface area contributed by atoms with Gasteiger partial charge in [0, 0.05) is 12.6 Å². The molecular formula is C15H26N2O2. The normalized spacial score (nSPS) is 14.4. The third kappa shape index (κ3) is 7.82. The molecule has 0 aliphatic heterocycles. The Morgan fingerprint density at radius 2 is 1.95 bits per heavy atom. The van der Waals surface area contributed by atoms with Crippen molar-refractivity contribution in [3.8, 4) is 5.75 Å². The number of para-hydroxylation sites is 1. The molecule has 0 saturated carbocycles. The second-order valence-corrected chi connectivity index (χ2v) is 5.18. The molecule has 0 saturated heterocycles. The first kappa shape index (κ1) is 16.0. The van der Waals surface area contributed by atoms with E-state index < -0.39 is 6.10 Å². The van der Waals surface area contributed by atoms with Gasteiger partial charge in [0.1, 0.15) is 18.5 Å². The lowest BCUT2D eigenvalue weighted by molar-refractivity contribution is 0.103. The summed E-state index contributed by atoms with van der Waals surface area (Å²) in [6.45, 7) is 4.05. The summed E-state index contributed by atoms with van der Waals surface area (Å²) in [5, 5.41) is 13.2. The van der Waals surface area contributed by atoms with Crippen LogP contribution in [0.5, 0.6) is 5.75 Å².